The van der Waals surface area contributed by atoms with E-state index in [-0.39, 0.29) is 4.90 Å². The van der Waals surface area contributed by atoms with Crippen LogP contribution in [0.25, 0.3) is 0 Å². The molecule has 0 aliphatic carbocycles. The minimum atomic E-state index is -3.28. The number of aromatic nitrogens is 1. The first-order chi connectivity index (χ1) is 11.4. The van der Waals surface area contributed by atoms with Crippen molar-refractivity contribution in [1.82, 2.24) is 4.98 Å². The first kappa shape index (κ1) is 17.2. The van der Waals surface area contributed by atoms with Gasteiger partial charge in [-0.25, -0.2) is 13.4 Å². The molecule has 1 aliphatic rings. The molecule has 1 fully saturated rings. The van der Waals surface area contributed by atoms with Gasteiger partial charge in [0.05, 0.1) is 0 Å². The zero-order chi connectivity index (χ0) is 17.2. The molecule has 0 saturated carbocycles. The number of hydrogen-bond donors (Lipinski definition) is 1. The van der Waals surface area contributed by atoms with Crippen LogP contribution >= 0.6 is 15.9 Å². The highest BCUT2D eigenvalue weighted by molar-refractivity contribution is 9.10. The van der Waals surface area contributed by atoms with Gasteiger partial charge in [-0.3, -0.25) is 0 Å². The van der Waals surface area contributed by atoms with Crippen LogP contribution in [0.2, 0.25) is 0 Å². The molecule has 1 aliphatic heterocycles. The van der Waals surface area contributed by atoms with E-state index in [4.69, 9.17) is 0 Å². The third-order valence-corrected chi connectivity index (χ3v) is 5.81. The maximum absolute atomic E-state index is 11.8. The van der Waals surface area contributed by atoms with E-state index < -0.39 is 9.84 Å². The fourth-order valence-electron chi connectivity index (χ4n) is 2.97. The number of hydrogen-bond acceptors (Lipinski definition) is 5. The largest absolute Gasteiger partial charge is 0.371 e. The number of anilines is 2. The normalized spacial score (nSPS) is 17.9. The molecule has 0 amide bonds. The molecule has 2 aromatic rings. The van der Waals surface area contributed by atoms with Crippen molar-refractivity contribution in [3.63, 3.8) is 0 Å². The van der Waals surface area contributed by atoms with Gasteiger partial charge >= 0.3 is 0 Å². The molecular formula is C17H20BrN3O2S. The molecule has 0 radical (unpaired) electrons. The summed E-state index contributed by atoms with van der Waals surface area (Å²) in [4.78, 5) is 6.80. The van der Waals surface area contributed by atoms with Crippen molar-refractivity contribution in [3.05, 3.63) is 47.1 Å². The summed E-state index contributed by atoms with van der Waals surface area (Å²) in [5.41, 5.74) is 1.21. The lowest BCUT2D eigenvalue weighted by Gasteiger charge is -2.19. The van der Waals surface area contributed by atoms with E-state index in [0.717, 1.165) is 24.0 Å². The molecule has 1 unspecified atom stereocenters. The highest BCUT2D eigenvalue weighted by Crippen LogP contribution is 2.27. The molecule has 3 rings (SSSR count). The zero-order valence-corrected chi connectivity index (χ0v) is 15.8. The van der Waals surface area contributed by atoms with E-state index in [2.05, 4.69) is 43.3 Å². The Morgan fingerprint density at radius 3 is 2.92 bits per heavy atom. The molecule has 7 heteroatoms. The highest BCUT2D eigenvalue weighted by Gasteiger charge is 2.23. The van der Waals surface area contributed by atoms with Gasteiger partial charge < -0.3 is 10.2 Å². The lowest BCUT2D eigenvalue weighted by Crippen LogP contribution is -2.23. The SMILES string of the molecule is CS(=O)(=O)c1cccnc1NCC1CCN(c2cccc(Br)c2)C1. The van der Waals surface area contributed by atoms with Crippen molar-refractivity contribution in [2.45, 2.75) is 11.3 Å². The second-order valence-corrected chi connectivity index (χ2v) is 8.98. The number of nitrogens with zero attached hydrogens (tertiary/aromatic N) is 2. The molecule has 0 spiro atoms. The van der Waals surface area contributed by atoms with E-state index in [9.17, 15) is 8.42 Å². The third-order valence-electron chi connectivity index (χ3n) is 4.19. The molecular weight excluding hydrogens is 390 g/mol. The third kappa shape index (κ3) is 4.08. The van der Waals surface area contributed by atoms with Crippen molar-refractivity contribution < 1.29 is 8.42 Å². The van der Waals surface area contributed by atoms with Crippen LogP contribution in [0.5, 0.6) is 0 Å². The fourth-order valence-corrected chi connectivity index (χ4v) is 4.16. The highest BCUT2D eigenvalue weighted by atomic mass is 79.9. The number of benzene rings is 1. The predicted octanol–water partition coefficient (Wildman–Crippen LogP) is 3.19. The van der Waals surface area contributed by atoms with Crippen LogP contribution in [0.1, 0.15) is 6.42 Å². The van der Waals surface area contributed by atoms with Crippen molar-refractivity contribution >= 4 is 37.3 Å². The van der Waals surface area contributed by atoms with Crippen LogP contribution in [0.4, 0.5) is 11.5 Å². The standard InChI is InChI=1S/C17H20BrN3O2S/c1-24(22,23)16-6-3-8-19-17(16)20-11-13-7-9-21(12-13)15-5-2-4-14(18)10-15/h2-6,8,10,13H,7,9,11-12H2,1H3,(H,19,20). The molecule has 1 atom stereocenters. The van der Waals surface area contributed by atoms with Crippen LogP contribution < -0.4 is 10.2 Å². The maximum atomic E-state index is 11.8. The quantitative estimate of drug-likeness (QED) is 0.821. The van der Waals surface area contributed by atoms with Gasteiger partial charge in [-0.2, -0.15) is 0 Å². The van der Waals surface area contributed by atoms with Crippen LogP contribution in [0, 0.1) is 5.92 Å². The molecule has 1 aromatic carbocycles. The van der Waals surface area contributed by atoms with Crippen LogP contribution in [0.3, 0.4) is 0 Å². The number of sulfone groups is 1. The van der Waals surface area contributed by atoms with Crippen molar-refractivity contribution in [1.29, 1.82) is 0 Å². The topological polar surface area (TPSA) is 62.3 Å². The Balaban J connectivity index is 1.63. The lowest BCUT2D eigenvalue weighted by molar-refractivity contribution is 0.600. The number of nitrogens with one attached hydrogen (secondary N) is 1. The summed E-state index contributed by atoms with van der Waals surface area (Å²) in [6, 6.07) is 11.5. The Kier molecular flexibility index (Phi) is 5.10. The number of halogens is 1. The van der Waals surface area contributed by atoms with Gasteiger partial charge in [0.25, 0.3) is 0 Å². The molecule has 0 bridgehead atoms. The predicted molar refractivity (Wildman–Crippen MR) is 100 cm³/mol. The first-order valence-corrected chi connectivity index (χ1v) is 10.5. The van der Waals surface area contributed by atoms with Crippen molar-refractivity contribution in [3.8, 4) is 0 Å². The van der Waals surface area contributed by atoms with Crippen molar-refractivity contribution in [2.75, 3.05) is 36.1 Å². The van der Waals surface area contributed by atoms with E-state index in [1.165, 1.54) is 11.9 Å². The molecule has 1 aromatic heterocycles. The Morgan fingerprint density at radius 1 is 1.33 bits per heavy atom. The lowest BCUT2D eigenvalue weighted by atomic mass is 10.1. The summed E-state index contributed by atoms with van der Waals surface area (Å²) in [6.07, 6.45) is 3.89. The second kappa shape index (κ2) is 7.11. The Morgan fingerprint density at radius 2 is 2.17 bits per heavy atom. The zero-order valence-electron chi connectivity index (χ0n) is 13.4. The van der Waals surface area contributed by atoms with Gasteiger partial charge in [-0.1, -0.05) is 22.0 Å². The van der Waals surface area contributed by atoms with E-state index >= 15 is 0 Å². The fraction of sp³-hybridized carbons (Fsp3) is 0.353. The molecule has 24 heavy (non-hydrogen) atoms. The number of pyridine rings is 1. The van der Waals surface area contributed by atoms with E-state index in [1.54, 1.807) is 18.3 Å². The average molecular weight is 410 g/mol. The smallest absolute Gasteiger partial charge is 0.179 e. The van der Waals surface area contributed by atoms with E-state index in [0.29, 0.717) is 18.3 Å². The molecule has 1 saturated heterocycles. The molecule has 128 valence electrons. The summed E-state index contributed by atoms with van der Waals surface area (Å²) in [7, 11) is -3.28. The Labute approximate surface area is 151 Å². The Hall–Kier alpha value is -1.60. The minimum absolute atomic E-state index is 0.256. The van der Waals surface area contributed by atoms with Crippen molar-refractivity contribution in [2.24, 2.45) is 5.92 Å². The maximum Gasteiger partial charge on any atom is 0.179 e. The van der Waals surface area contributed by atoms with Gasteiger partial charge in [-0.05, 0) is 42.7 Å². The summed E-state index contributed by atoms with van der Waals surface area (Å²) in [5, 5.41) is 3.22. The summed E-state index contributed by atoms with van der Waals surface area (Å²) in [6.45, 7) is 2.67. The van der Waals surface area contributed by atoms with Gasteiger partial charge in [0.1, 0.15) is 10.7 Å². The van der Waals surface area contributed by atoms with Crippen LogP contribution in [0.15, 0.2) is 52.0 Å². The summed E-state index contributed by atoms with van der Waals surface area (Å²) < 4.78 is 24.7. The van der Waals surface area contributed by atoms with Gasteiger partial charge in [0, 0.05) is 42.2 Å². The molecule has 1 N–H and O–H groups in total. The monoisotopic (exact) mass is 409 g/mol. The summed E-state index contributed by atoms with van der Waals surface area (Å²) in [5.74, 6) is 0.902. The van der Waals surface area contributed by atoms with Gasteiger partial charge in [0.15, 0.2) is 9.84 Å². The Bertz CT molecular complexity index is 826. The first-order valence-electron chi connectivity index (χ1n) is 7.83. The summed E-state index contributed by atoms with van der Waals surface area (Å²) >= 11 is 3.51. The average Bonchev–Trinajstić information content (AvgIpc) is 3.01. The number of rotatable bonds is 5. The van der Waals surface area contributed by atoms with Gasteiger partial charge in [0.2, 0.25) is 0 Å². The van der Waals surface area contributed by atoms with Crippen LogP contribution in [-0.4, -0.2) is 39.3 Å². The second-order valence-electron chi connectivity index (χ2n) is 6.08. The molecule has 5 nitrogen and oxygen atoms in total. The van der Waals surface area contributed by atoms with E-state index in [1.807, 2.05) is 12.1 Å². The minimum Gasteiger partial charge on any atom is -0.371 e. The molecule has 2 heterocycles. The van der Waals surface area contributed by atoms with Crippen LogP contribution in [-0.2, 0) is 9.84 Å². The van der Waals surface area contributed by atoms with Gasteiger partial charge in [-0.15, -0.1) is 0 Å².